The minimum atomic E-state index is 0.291. The average Bonchev–Trinajstić information content (AvgIpc) is 2.78. The lowest BCUT2D eigenvalue weighted by molar-refractivity contribution is 0.104. The van der Waals surface area contributed by atoms with E-state index < -0.39 is 0 Å². The van der Waals surface area contributed by atoms with E-state index in [1.54, 1.807) is 0 Å². The molecule has 6 heteroatoms. The summed E-state index contributed by atoms with van der Waals surface area (Å²) < 4.78 is 11.4. The molecule has 0 aliphatic heterocycles. The molecule has 0 fully saturated rings. The normalized spacial score (nSPS) is 10.8. The van der Waals surface area contributed by atoms with Gasteiger partial charge in [0.15, 0.2) is 0 Å². The number of halogens is 1. The smallest absolute Gasteiger partial charge is 0.252 e. The minimum absolute atomic E-state index is 0.291. The molecule has 18 heavy (non-hydrogen) atoms. The zero-order valence-electron chi connectivity index (χ0n) is 10.0. The Bertz CT molecular complexity index is 528. The zero-order valence-corrected chi connectivity index (χ0v) is 11.6. The summed E-state index contributed by atoms with van der Waals surface area (Å²) in [5.41, 5.74) is 7.36. The summed E-state index contributed by atoms with van der Waals surface area (Å²) in [7, 11) is 0. The van der Waals surface area contributed by atoms with Gasteiger partial charge in [-0.3, -0.25) is 0 Å². The number of nitrogens with zero attached hydrogens (tertiary/aromatic N) is 2. The van der Waals surface area contributed by atoms with Crippen LogP contribution in [0.2, 0.25) is 0 Å². The molecule has 0 aliphatic rings. The number of rotatable bonds is 5. The monoisotopic (exact) mass is 311 g/mol. The van der Waals surface area contributed by atoms with Crippen molar-refractivity contribution in [2.45, 2.75) is 13.5 Å². The predicted molar refractivity (Wildman–Crippen MR) is 70.9 cm³/mol. The summed E-state index contributed by atoms with van der Waals surface area (Å²) in [6.07, 6.45) is 0. The van der Waals surface area contributed by atoms with Crippen molar-refractivity contribution in [2.75, 3.05) is 13.2 Å². The molecule has 96 valence electrons. The van der Waals surface area contributed by atoms with Gasteiger partial charge in [-0.15, -0.1) is 0 Å². The second kappa shape index (κ2) is 6.08. The molecule has 0 bridgehead atoms. The van der Waals surface area contributed by atoms with Crippen LogP contribution in [0.3, 0.4) is 0 Å². The van der Waals surface area contributed by atoms with E-state index in [0.717, 1.165) is 15.6 Å². The van der Waals surface area contributed by atoms with Crippen LogP contribution in [-0.2, 0) is 11.3 Å². The van der Waals surface area contributed by atoms with E-state index in [0.29, 0.717) is 31.5 Å². The maximum Gasteiger partial charge on any atom is 0.252 e. The first kappa shape index (κ1) is 13.2. The summed E-state index contributed by atoms with van der Waals surface area (Å²) in [6.45, 7) is 3.25. The SMILES string of the molecule is Cc1cc(Br)ccc1-c1noc(COCCN)n1. The Morgan fingerprint density at radius 3 is 3.00 bits per heavy atom. The summed E-state index contributed by atoms with van der Waals surface area (Å²) in [5, 5.41) is 3.94. The van der Waals surface area contributed by atoms with E-state index in [9.17, 15) is 0 Å². The van der Waals surface area contributed by atoms with E-state index >= 15 is 0 Å². The summed E-state index contributed by atoms with van der Waals surface area (Å²) in [5.74, 6) is 1.03. The van der Waals surface area contributed by atoms with Crippen molar-refractivity contribution in [3.05, 3.63) is 34.1 Å². The lowest BCUT2D eigenvalue weighted by Crippen LogP contribution is -2.08. The highest BCUT2D eigenvalue weighted by Crippen LogP contribution is 2.23. The molecule has 1 aromatic heterocycles. The van der Waals surface area contributed by atoms with Crippen molar-refractivity contribution in [1.82, 2.24) is 10.1 Å². The Morgan fingerprint density at radius 1 is 1.44 bits per heavy atom. The Hall–Kier alpha value is -1.24. The minimum Gasteiger partial charge on any atom is -0.370 e. The van der Waals surface area contributed by atoms with Gasteiger partial charge in [-0.25, -0.2) is 0 Å². The van der Waals surface area contributed by atoms with Crippen LogP contribution >= 0.6 is 15.9 Å². The van der Waals surface area contributed by atoms with Gasteiger partial charge in [-0.1, -0.05) is 21.1 Å². The molecule has 0 aliphatic carbocycles. The van der Waals surface area contributed by atoms with E-state index in [1.807, 2.05) is 25.1 Å². The molecule has 0 unspecified atom stereocenters. The van der Waals surface area contributed by atoms with E-state index in [-0.39, 0.29) is 0 Å². The lowest BCUT2D eigenvalue weighted by Gasteiger charge is -2.00. The van der Waals surface area contributed by atoms with Crippen molar-refractivity contribution in [3.63, 3.8) is 0 Å². The Labute approximate surface area is 113 Å². The first-order valence-electron chi connectivity index (χ1n) is 5.57. The molecular weight excluding hydrogens is 298 g/mol. The highest BCUT2D eigenvalue weighted by Gasteiger charge is 2.10. The van der Waals surface area contributed by atoms with Gasteiger partial charge in [0, 0.05) is 16.6 Å². The van der Waals surface area contributed by atoms with Crippen LogP contribution in [0.25, 0.3) is 11.4 Å². The molecule has 5 nitrogen and oxygen atoms in total. The third-order valence-corrected chi connectivity index (χ3v) is 2.88. The average molecular weight is 312 g/mol. The molecule has 2 N–H and O–H groups in total. The summed E-state index contributed by atoms with van der Waals surface area (Å²) in [4.78, 5) is 4.28. The third kappa shape index (κ3) is 3.16. The van der Waals surface area contributed by atoms with Gasteiger partial charge in [0.1, 0.15) is 6.61 Å². The van der Waals surface area contributed by atoms with Crippen molar-refractivity contribution >= 4 is 15.9 Å². The highest BCUT2D eigenvalue weighted by atomic mass is 79.9. The largest absolute Gasteiger partial charge is 0.370 e. The van der Waals surface area contributed by atoms with Crippen molar-refractivity contribution < 1.29 is 9.26 Å². The Morgan fingerprint density at radius 2 is 2.28 bits per heavy atom. The fourth-order valence-electron chi connectivity index (χ4n) is 1.54. The van der Waals surface area contributed by atoms with Gasteiger partial charge in [0.25, 0.3) is 5.89 Å². The van der Waals surface area contributed by atoms with Crippen LogP contribution in [0, 0.1) is 6.92 Å². The molecule has 2 rings (SSSR count). The summed E-state index contributed by atoms with van der Waals surface area (Å²) >= 11 is 3.42. The first-order valence-corrected chi connectivity index (χ1v) is 6.37. The van der Waals surface area contributed by atoms with Crippen LogP contribution in [0.4, 0.5) is 0 Å². The van der Waals surface area contributed by atoms with E-state index in [1.165, 1.54) is 0 Å². The van der Waals surface area contributed by atoms with Gasteiger partial charge >= 0.3 is 0 Å². The third-order valence-electron chi connectivity index (χ3n) is 2.39. The Balaban J connectivity index is 2.13. The van der Waals surface area contributed by atoms with E-state index in [4.69, 9.17) is 15.0 Å². The second-order valence-electron chi connectivity index (χ2n) is 3.81. The molecule has 0 atom stereocenters. The van der Waals surface area contributed by atoms with Crippen molar-refractivity contribution in [2.24, 2.45) is 5.73 Å². The maximum absolute atomic E-state index is 5.33. The Kier molecular flexibility index (Phi) is 4.46. The number of ether oxygens (including phenoxy) is 1. The molecule has 0 amide bonds. The number of aryl methyl sites for hydroxylation is 1. The number of benzene rings is 1. The van der Waals surface area contributed by atoms with Gasteiger partial charge in [-0.2, -0.15) is 4.98 Å². The van der Waals surface area contributed by atoms with Gasteiger partial charge < -0.3 is 15.0 Å². The van der Waals surface area contributed by atoms with Crippen molar-refractivity contribution in [1.29, 1.82) is 0 Å². The van der Waals surface area contributed by atoms with Gasteiger partial charge in [0.2, 0.25) is 5.82 Å². The predicted octanol–water partition coefficient (Wildman–Crippen LogP) is 2.28. The first-order chi connectivity index (χ1) is 8.70. The zero-order chi connectivity index (χ0) is 13.0. The van der Waals surface area contributed by atoms with E-state index in [2.05, 4.69) is 26.1 Å². The molecule has 0 saturated carbocycles. The second-order valence-corrected chi connectivity index (χ2v) is 4.73. The quantitative estimate of drug-likeness (QED) is 0.857. The number of hydrogen-bond acceptors (Lipinski definition) is 5. The number of aromatic nitrogens is 2. The van der Waals surface area contributed by atoms with Crippen LogP contribution in [0.1, 0.15) is 11.5 Å². The molecule has 1 aromatic carbocycles. The number of hydrogen-bond donors (Lipinski definition) is 1. The fraction of sp³-hybridized carbons (Fsp3) is 0.333. The van der Waals surface area contributed by atoms with Crippen LogP contribution < -0.4 is 5.73 Å². The molecule has 0 spiro atoms. The molecule has 0 saturated heterocycles. The van der Waals surface area contributed by atoms with Crippen LogP contribution in [-0.4, -0.2) is 23.3 Å². The molecule has 1 heterocycles. The summed E-state index contributed by atoms with van der Waals surface area (Å²) in [6, 6.07) is 5.91. The highest BCUT2D eigenvalue weighted by molar-refractivity contribution is 9.10. The van der Waals surface area contributed by atoms with Crippen LogP contribution in [0.15, 0.2) is 27.2 Å². The van der Waals surface area contributed by atoms with Gasteiger partial charge in [0.05, 0.1) is 6.61 Å². The van der Waals surface area contributed by atoms with Crippen LogP contribution in [0.5, 0.6) is 0 Å². The standard InChI is InChI=1S/C12H14BrN3O2/c1-8-6-9(13)2-3-10(8)12-15-11(18-16-12)7-17-5-4-14/h2-3,6H,4-5,7,14H2,1H3. The van der Waals surface area contributed by atoms with Crippen molar-refractivity contribution in [3.8, 4) is 11.4 Å². The topological polar surface area (TPSA) is 74.2 Å². The van der Waals surface area contributed by atoms with Gasteiger partial charge in [-0.05, 0) is 30.7 Å². The fourth-order valence-corrected chi connectivity index (χ4v) is 2.02. The maximum atomic E-state index is 5.33. The molecular formula is C12H14BrN3O2. The lowest BCUT2D eigenvalue weighted by atomic mass is 10.1. The number of nitrogens with two attached hydrogens (primary N) is 1. The molecule has 2 aromatic rings. The molecule has 0 radical (unpaired) electrons.